The third kappa shape index (κ3) is 5.23. The van der Waals surface area contributed by atoms with E-state index in [1.54, 1.807) is 0 Å². The lowest BCUT2D eigenvalue weighted by Gasteiger charge is -2.23. The summed E-state index contributed by atoms with van der Waals surface area (Å²) in [6.07, 6.45) is 16.2. The molecule has 1 rings (SSSR count). The maximum Gasteiger partial charge on any atom is 0.0240 e. The van der Waals surface area contributed by atoms with Crippen LogP contribution in [0.3, 0.4) is 0 Å². The van der Waals surface area contributed by atoms with E-state index in [9.17, 15) is 0 Å². The zero-order valence-electron chi connectivity index (χ0n) is 10.1. The van der Waals surface area contributed by atoms with Crippen LogP contribution in [0.15, 0.2) is 0 Å². The molecule has 0 saturated heterocycles. The maximum atomic E-state index is 5.38. The molecule has 0 bridgehead atoms. The molecule has 1 unspecified atom stereocenters. The molecular weight excluding hydrogens is 182 g/mol. The van der Waals surface area contributed by atoms with Crippen molar-refractivity contribution in [2.75, 3.05) is 6.54 Å². The first kappa shape index (κ1) is 12.6. The van der Waals surface area contributed by atoms with Crippen molar-refractivity contribution < 1.29 is 0 Å². The van der Waals surface area contributed by atoms with Crippen molar-refractivity contribution in [1.82, 2.24) is 5.32 Å². The first-order valence-electron chi connectivity index (χ1n) is 6.53. The SMILES string of the molecule is C#CCC(CCC1CCCCC1)NCC. The van der Waals surface area contributed by atoms with Crippen LogP contribution in [0.4, 0.5) is 0 Å². The van der Waals surface area contributed by atoms with Crippen molar-refractivity contribution in [3.63, 3.8) is 0 Å². The van der Waals surface area contributed by atoms with E-state index in [-0.39, 0.29) is 0 Å². The van der Waals surface area contributed by atoms with Crippen molar-refractivity contribution >= 4 is 0 Å². The van der Waals surface area contributed by atoms with E-state index in [1.165, 1.54) is 44.9 Å². The molecule has 0 heterocycles. The lowest BCUT2D eigenvalue weighted by Crippen LogP contribution is -2.29. The fraction of sp³-hybridized carbons (Fsp3) is 0.857. The molecule has 86 valence electrons. The average molecular weight is 207 g/mol. The van der Waals surface area contributed by atoms with Crippen LogP contribution in [0.5, 0.6) is 0 Å². The Kier molecular flexibility index (Phi) is 6.52. The van der Waals surface area contributed by atoms with Crippen LogP contribution < -0.4 is 5.32 Å². The van der Waals surface area contributed by atoms with Crippen molar-refractivity contribution in [2.24, 2.45) is 5.92 Å². The lowest BCUT2D eigenvalue weighted by molar-refractivity contribution is 0.315. The minimum Gasteiger partial charge on any atom is -0.313 e. The Morgan fingerprint density at radius 1 is 1.33 bits per heavy atom. The van der Waals surface area contributed by atoms with E-state index in [1.807, 2.05) is 0 Å². The van der Waals surface area contributed by atoms with E-state index in [0.29, 0.717) is 6.04 Å². The Morgan fingerprint density at radius 2 is 2.07 bits per heavy atom. The predicted octanol–water partition coefficient (Wildman–Crippen LogP) is 3.35. The maximum absolute atomic E-state index is 5.38. The molecule has 0 spiro atoms. The van der Waals surface area contributed by atoms with Gasteiger partial charge in [0, 0.05) is 12.5 Å². The van der Waals surface area contributed by atoms with Gasteiger partial charge in [0.25, 0.3) is 0 Å². The number of hydrogen-bond acceptors (Lipinski definition) is 1. The van der Waals surface area contributed by atoms with Crippen LogP contribution in [-0.2, 0) is 0 Å². The molecule has 1 fully saturated rings. The first-order valence-corrected chi connectivity index (χ1v) is 6.53. The summed E-state index contributed by atoms with van der Waals surface area (Å²) in [5.74, 6) is 3.76. The van der Waals surface area contributed by atoms with Gasteiger partial charge >= 0.3 is 0 Å². The van der Waals surface area contributed by atoms with Crippen LogP contribution >= 0.6 is 0 Å². The van der Waals surface area contributed by atoms with Crippen molar-refractivity contribution in [3.8, 4) is 12.3 Å². The average Bonchev–Trinajstić information content (AvgIpc) is 2.28. The zero-order chi connectivity index (χ0) is 10.9. The van der Waals surface area contributed by atoms with Gasteiger partial charge in [0.2, 0.25) is 0 Å². The molecular formula is C14H25N. The van der Waals surface area contributed by atoms with Crippen molar-refractivity contribution in [2.45, 2.75) is 64.3 Å². The summed E-state index contributed by atoms with van der Waals surface area (Å²) in [7, 11) is 0. The second kappa shape index (κ2) is 7.77. The second-order valence-corrected chi connectivity index (χ2v) is 4.74. The Morgan fingerprint density at radius 3 is 2.67 bits per heavy atom. The third-order valence-corrected chi connectivity index (χ3v) is 3.51. The summed E-state index contributed by atoms with van der Waals surface area (Å²) in [5, 5.41) is 3.48. The molecule has 1 aliphatic rings. The number of terminal acetylenes is 1. The number of nitrogens with one attached hydrogen (secondary N) is 1. The Hall–Kier alpha value is -0.480. The van der Waals surface area contributed by atoms with E-state index in [2.05, 4.69) is 18.2 Å². The quantitative estimate of drug-likeness (QED) is 0.659. The molecule has 1 atom stereocenters. The van der Waals surface area contributed by atoms with E-state index >= 15 is 0 Å². The number of hydrogen-bond donors (Lipinski definition) is 1. The van der Waals surface area contributed by atoms with Crippen LogP contribution in [0.2, 0.25) is 0 Å². The molecule has 0 aromatic rings. The van der Waals surface area contributed by atoms with Gasteiger partial charge in [0.15, 0.2) is 0 Å². The van der Waals surface area contributed by atoms with Gasteiger partial charge in [-0.25, -0.2) is 0 Å². The molecule has 0 amide bonds. The van der Waals surface area contributed by atoms with Crippen molar-refractivity contribution in [3.05, 3.63) is 0 Å². The van der Waals surface area contributed by atoms with Gasteiger partial charge < -0.3 is 5.32 Å². The molecule has 15 heavy (non-hydrogen) atoms. The highest BCUT2D eigenvalue weighted by Crippen LogP contribution is 2.27. The fourth-order valence-electron chi connectivity index (χ4n) is 2.62. The summed E-state index contributed by atoms with van der Waals surface area (Å²) in [6.45, 7) is 3.20. The summed E-state index contributed by atoms with van der Waals surface area (Å²) in [4.78, 5) is 0. The summed E-state index contributed by atoms with van der Waals surface area (Å²) < 4.78 is 0. The Bertz CT molecular complexity index is 186. The first-order chi connectivity index (χ1) is 7.36. The molecule has 0 aromatic heterocycles. The second-order valence-electron chi connectivity index (χ2n) is 4.74. The minimum absolute atomic E-state index is 0.557. The molecule has 0 radical (unpaired) electrons. The van der Waals surface area contributed by atoms with Gasteiger partial charge in [-0.3, -0.25) is 0 Å². The van der Waals surface area contributed by atoms with E-state index in [4.69, 9.17) is 6.42 Å². The van der Waals surface area contributed by atoms with E-state index in [0.717, 1.165) is 18.9 Å². The Labute approximate surface area is 95.0 Å². The fourth-order valence-corrected chi connectivity index (χ4v) is 2.62. The van der Waals surface area contributed by atoms with Gasteiger partial charge in [-0.1, -0.05) is 39.0 Å². The van der Waals surface area contributed by atoms with Crippen LogP contribution in [0, 0.1) is 18.3 Å². The molecule has 1 aliphatic carbocycles. The van der Waals surface area contributed by atoms with Crippen molar-refractivity contribution in [1.29, 1.82) is 0 Å². The molecule has 0 aromatic carbocycles. The molecule has 1 N–H and O–H groups in total. The molecule has 0 aliphatic heterocycles. The van der Waals surface area contributed by atoms with Gasteiger partial charge in [-0.2, -0.15) is 0 Å². The summed E-state index contributed by atoms with van der Waals surface area (Å²) >= 11 is 0. The monoisotopic (exact) mass is 207 g/mol. The van der Waals surface area contributed by atoms with Crippen LogP contribution in [0.25, 0.3) is 0 Å². The van der Waals surface area contributed by atoms with E-state index < -0.39 is 0 Å². The van der Waals surface area contributed by atoms with Gasteiger partial charge in [-0.05, 0) is 25.3 Å². The summed E-state index contributed by atoms with van der Waals surface area (Å²) in [6, 6.07) is 0.557. The van der Waals surface area contributed by atoms with Gasteiger partial charge in [-0.15, -0.1) is 12.3 Å². The van der Waals surface area contributed by atoms with Crippen LogP contribution in [0.1, 0.15) is 58.3 Å². The molecule has 1 heteroatoms. The largest absolute Gasteiger partial charge is 0.313 e. The molecule has 1 nitrogen and oxygen atoms in total. The van der Waals surface area contributed by atoms with Gasteiger partial charge in [0.05, 0.1) is 0 Å². The smallest absolute Gasteiger partial charge is 0.0240 e. The highest BCUT2D eigenvalue weighted by molar-refractivity contribution is 4.89. The normalized spacial score (nSPS) is 19.7. The highest BCUT2D eigenvalue weighted by atomic mass is 14.9. The van der Waals surface area contributed by atoms with Gasteiger partial charge in [0.1, 0.15) is 0 Å². The summed E-state index contributed by atoms with van der Waals surface area (Å²) in [5.41, 5.74) is 0. The highest BCUT2D eigenvalue weighted by Gasteiger charge is 2.15. The molecule has 1 saturated carbocycles. The van der Waals surface area contributed by atoms with Crippen LogP contribution in [-0.4, -0.2) is 12.6 Å². The third-order valence-electron chi connectivity index (χ3n) is 3.51. The number of rotatable bonds is 6. The predicted molar refractivity (Wildman–Crippen MR) is 66.7 cm³/mol. The standard InChI is InChI=1S/C14H25N/c1-3-8-14(15-4-2)12-11-13-9-6-5-7-10-13/h1,13-15H,4-12H2,2H3. The topological polar surface area (TPSA) is 12.0 Å². The Balaban J connectivity index is 2.16. The minimum atomic E-state index is 0.557. The zero-order valence-corrected chi connectivity index (χ0v) is 10.1. The lowest BCUT2D eigenvalue weighted by atomic mass is 9.85.